The Hall–Kier alpha value is -3.31. The lowest BCUT2D eigenvalue weighted by Gasteiger charge is -2.36. The average molecular weight is 481 g/mol. The summed E-state index contributed by atoms with van der Waals surface area (Å²) in [6, 6.07) is 26.6. The van der Waals surface area contributed by atoms with Crippen molar-refractivity contribution in [2.75, 3.05) is 7.11 Å². The van der Waals surface area contributed by atoms with Crippen LogP contribution in [0.4, 0.5) is 0 Å². The van der Waals surface area contributed by atoms with E-state index in [-0.39, 0.29) is 11.0 Å². The Kier molecular flexibility index (Phi) is 5.73. The summed E-state index contributed by atoms with van der Waals surface area (Å²) in [7, 11) is 1.66. The Balaban J connectivity index is 1.57. The van der Waals surface area contributed by atoms with Crippen LogP contribution in [-0.4, -0.2) is 16.7 Å². The topological polar surface area (TPSA) is 44.1 Å². The van der Waals surface area contributed by atoms with Crippen molar-refractivity contribution in [3.63, 3.8) is 0 Å². The molecular formula is C30H28N2O2S. The number of methoxy groups -OCH3 is 1. The molecule has 0 bridgehead atoms. The summed E-state index contributed by atoms with van der Waals surface area (Å²) in [5, 5.41) is 0. The minimum absolute atomic E-state index is 0.0835. The quantitative estimate of drug-likeness (QED) is 0.303. The molecule has 6 rings (SSSR count). The summed E-state index contributed by atoms with van der Waals surface area (Å²) in [5.41, 5.74) is 5.04. The molecule has 0 saturated heterocycles. The van der Waals surface area contributed by atoms with Gasteiger partial charge < -0.3 is 4.74 Å². The van der Waals surface area contributed by atoms with Crippen molar-refractivity contribution in [1.82, 2.24) is 9.55 Å². The van der Waals surface area contributed by atoms with E-state index in [1.54, 1.807) is 18.9 Å². The molecule has 5 heteroatoms. The van der Waals surface area contributed by atoms with Crippen LogP contribution in [0.2, 0.25) is 0 Å². The zero-order chi connectivity index (χ0) is 23.8. The first-order chi connectivity index (χ1) is 17.2. The second-order valence-corrected chi connectivity index (χ2v) is 10.6. The van der Waals surface area contributed by atoms with Gasteiger partial charge in [0.05, 0.1) is 29.8 Å². The summed E-state index contributed by atoms with van der Waals surface area (Å²) in [5.74, 6) is 2.15. The van der Waals surface area contributed by atoms with Gasteiger partial charge in [0.15, 0.2) is 0 Å². The first kappa shape index (κ1) is 22.2. The summed E-state index contributed by atoms with van der Waals surface area (Å²) in [6.07, 6.45) is 5.34. The molecule has 4 aromatic rings. The molecule has 0 atom stereocenters. The van der Waals surface area contributed by atoms with Gasteiger partial charge in [-0.1, -0.05) is 55.3 Å². The van der Waals surface area contributed by atoms with Crippen molar-refractivity contribution in [2.45, 2.75) is 48.2 Å². The highest BCUT2D eigenvalue weighted by Crippen LogP contribution is 2.49. The van der Waals surface area contributed by atoms with Crippen molar-refractivity contribution in [3.8, 4) is 22.7 Å². The number of ether oxygens (including phenoxy) is 1. The van der Waals surface area contributed by atoms with Crippen molar-refractivity contribution in [3.05, 3.63) is 106 Å². The van der Waals surface area contributed by atoms with E-state index in [0.717, 1.165) is 71.1 Å². The predicted molar refractivity (Wildman–Crippen MR) is 142 cm³/mol. The van der Waals surface area contributed by atoms with Crippen LogP contribution in [-0.2, 0) is 17.6 Å². The lowest BCUT2D eigenvalue weighted by molar-refractivity contribution is 0.414. The van der Waals surface area contributed by atoms with Crippen molar-refractivity contribution < 1.29 is 4.74 Å². The molecule has 2 aliphatic carbocycles. The first-order valence-corrected chi connectivity index (χ1v) is 13.2. The summed E-state index contributed by atoms with van der Waals surface area (Å²) in [4.78, 5) is 20.9. The highest BCUT2D eigenvalue weighted by atomic mass is 32.2. The minimum atomic E-state index is -0.118. The molecule has 1 fully saturated rings. The van der Waals surface area contributed by atoms with Crippen LogP contribution in [0.3, 0.4) is 0 Å². The van der Waals surface area contributed by atoms with E-state index in [1.807, 2.05) is 47.0 Å². The van der Waals surface area contributed by atoms with Crippen LogP contribution >= 0.6 is 11.8 Å². The van der Waals surface area contributed by atoms with Gasteiger partial charge in [0.2, 0.25) is 0 Å². The van der Waals surface area contributed by atoms with E-state index in [2.05, 4.69) is 36.4 Å². The second-order valence-electron chi connectivity index (χ2n) is 9.51. The van der Waals surface area contributed by atoms with Gasteiger partial charge in [0, 0.05) is 15.9 Å². The molecule has 1 aromatic heterocycles. The third-order valence-corrected chi connectivity index (χ3v) is 8.49. The van der Waals surface area contributed by atoms with Gasteiger partial charge >= 0.3 is 0 Å². The lowest BCUT2D eigenvalue weighted by atomic mass is 9.68. The van der Waals surface area contributed by atoms with Gasteiger partial charge in [0.25, 0.3) is 5.56 Å². The minimum Gasteiger partial charge on any atom is -0.497 e. The molecule has 2 aliphatic rings. The molecule has 0 radical (unpaired) electrons. The summed E-state index contributed by atoms with van der Waals surface area (Å²) in [6.45, 7) is 0. The molecule has 4 nitrogen and oxygen atoms in total. The molecular weight excluding hydrogens is 452 g/mol. The number of rotatable bonds is 5. The van der Waals surface area contributed by atoms with E-state index in [1.165, 1.54) is 5.56 Å². The van der Waals surface area contributed by atoms with Crippen LogP contribution in [0.5, 0.6) is 5.75 Å². The van der Waals surface area contributed by atoms with Gasteiger partial charge in [-0.3, -0.25) is 9.36 Å². The number of nitrogens with zero attached hydrogens (tertiary/aromatic N) is 2. The molecule has 0 N–H and O–H groups in total. The van der Waals surface area contributed by atoms with Gasteiger partial charge in [-0.05, 0) is 61.2 Å². The maximum atomic E-state index is 14.5. The maximum Gasteiger partial charge on any atom is 0.262 e. The molecule has 0 aliphatic heterocycles. The number of benzene rings is 3. The van der Waals surface area contributed by atoms with E-state index < -0.39 is 0 Å². The normalized spacial score (nSPS) is 15.6. The molecule has 0 amide bonds. The van der Waals surface area contributed by atoms with Crippen LogP contribution < -0.4 is 10.3 Å². The molecule has 1 heterocycles. The van der Waals surface area contributed by atoms with Crippen molar-refractivity contribution >= 4 is 11.8 Å². The van der Waals surface area contributed by atoms with Crippen molar-refractivity contribution in [1.29, 1.82) is 0 Å². The number of hydrogen-bond acceptors (Lipinski definition) is 4. The third kappa shape index (κ3) is 3.88. The monoisotopic (exact) mass is 480 g/mol. The fraction of sp³-hybridized carbons (Fsp3) is 0.267. The summed E-state index contributed by atoms with van der Waals surface area (Å²) < 4.78 is 7.22. The van der Waals surface area contributed by atoms with E-state index >= 15 is 0 Å². The molecule has 1 saturated carbocycles. The Morgan fingerprint density at radius 2 is 1.66 bits per heavy atom. The maximum absolute atomic E-state index is 14.5. The Labute approximate surface area is 210 Å². The summed E-state index contributed by atoms with van der Waals surface area (Å²) >= 11 is 1.71. The van der Waals surface area contributed by atoms with E-state index in [9.17, 15) is 4.79 Å². The van der Waals surface area contributed by atoms with Crippen LogP contribution in [0.15, 0.2) is 88.6 Å². The van der Waals surface area contributed by atoms with Gasteiger partial charge in [-0.15, -0.1) is 11.8 Å². The molecule has 35 heavy (non-hydrogen) atoms. The third-order valence-electron chi connectivity index (χ3n) is 7.49. The zero-order valence-corrected chi connectivity index (χ0v) is 20.7. The van der Waals surface area contributed by atoms with Gasteiger partial charge in [-0.2, -0.15) is 0 Å². The Morgan fingerprint density at radius 3 is 2.40 bits per heavy atom. The fourth-order valence-corrected chi connectivity index (χ4v) is 6.67. The Morgan fingerprint density at radius 1 is 0.943 bits per heavy atom. The standard InChI is InChI=1S/C30H28N2O2S/c1-34-23-15-13-22(14-16-23)32-26(20-35-24-10-3-2-4-11-24)31-28-25-12-6-5-9-21(25)19-30(17-7-8-18-30)27(28)29(32)33/h2-6,9-16H,7-8,17-20H2,1H3. The van der Waals surface area contributed by atoms with Gasteiger partial charge in [-0.25, -0.2) is 4.98 Å². The second kappa shape index (κ2) is 9.04. The number of aromatic nitrogens is 2. The zero-order valence-electron chi connectivity index (χ0n) is 19.9. The predicted octanol–water partition coefficient (Wildman–Crippen LogP) is 6.57. The van der Waals surface area contributed by atoms with Crippen LogP contribution in [0.25, 0.3) is 16.9 Å². The highest BCUT2D eigenvalue weighted by Gasteiger charge is 2.44. The highest BCUT2D eigenvalue weighted by molar-refractivity contribution is 7.98. The molecule has 3 aromatic carbocycles. The molecule has 1 spiro atoms. The lowest BCUT2D eigenvalue weighted by Crippen LogP contribution is -2.40. The number of fused-ring (bicyclic) bond motifs is 4. The fourth-order valence-electron chi connectivity index (χ4n) is 5.83. The van der Waals surface area contributed by atoms with E-state index in [0.29, 0.717) is 5.75 Å². The van der Waals surface area contributed by atoms with Gasteiger partial charge in [0.1, 0.15) is 11.6 Å². The van der Waals surface area contributed by atoms with Crippen LogP contribution in [0, 0.1) is 0 Å². The van der Waals surface area contributed by atoms with Crippen LogP contribution in [0.1, 0.15) is 42.6 Å². The SMILES string of the molecule is COc1ccc(-n2c(CSc3ccccc3)nc3c(c2=O)C2(CCCC2)Cc2ccccc2-3)cc1. The molecule has 0 unspecified atom stereocenters. The van der Waals surface area contributed by atoms with Crippen molar-refractivity contribution in [2.24, 2.45) is 0 Å². The number of hydrogen-bond donors (Lipinski definition) is 0. The number of thioether (sulfide) groups is 1. The largest absolute Gasteiger partial charge is 0.497 e. The average Bonchev–Trinajstić information content (AvgIpc) is 3.36. The Bertz CT molecular complexity index is 1420. The molecule has 176 valence electrons. The first-order valence-electron chi connectivity index (χ1n) is 12.3. The van der Waals surface area contributed by atoms with E-state index in [4.69, 9.17) is 9.72 Å². The smallest absolute Gasteiger partial charge is 0.262 e.